The third kappa shape index (κ3) is 3.61. The van der Waals surface area contributed by atoms with Crippen molar-refractivity contribution in [3.63, 3.8) is 0 Å². The average Bonchev–Trinajstić information content (AvgIpc) is 3.05. The molecular weight excluding hydrogens is 476 g/mol. The number of benzene rings is 2. The summed E-state index contributed by atoms with van der Waals surface area (Å²) in [5.74, 6) is -2.17. The normalized spacial score (nSPS) is 27.8. The van der Waals surface area contributed by atoms with Gasteiger partial charge in [0.05, 0.1) is 30.7 Å². The molecule has 184 valence electrons. The predicted octanol–water partition coefficient (Wildman–Crippen LogP) is 6.41. The summed E-state index contributed by atoms with van der Waals surface area (Å²) >= 11 is 6.09. The van der Waals surface area contributed by atoms with Crippen molar-refractivity contribution >= 4 is 17.5 Å². The van der Waals surface area contributed by atoms with Crippen molar-refractivity contribution in [3.05, 3.63) is 64.7 Å². The number of halogens is 1. The molecule has 0 spiro atoms. The van der Waals surface area contributed by atoms with Crippen molar-refractivity contribution in [3.8, 4) is 24.0 Å². The summed E-state index contributed by atoms with van der Waals surface area (Å²) in [5.41, 5.74) is -2.82. The fourth-order valence-electron chi connectivity index (χ4n) is 5.31. The van der Waals surface area contributed by atoms with Crippen molar-refractivity contribution in [1.82, 2.24) is 0 Å². The highest BCUT2D eigenvalue weighted by atomic mass is 35.5. The molecule has 2 aromatic carbocycles. The van der Waals surface area contributed by atoms with Gasteiger partial charge < -0.3 is 14.2 Å². The molecule has 0 saturated carbocycles. The molecule has 2 aliphatic rings. The summed E-state index contributed by atoms with van der Waals surface area (Å²) in [4.78, 5) is 0. The minimum atomic E-state index is -2.02. The topological polar surface area (TPSA) is 123 Å². The molecule has 2 bridgehead atoms. The third-order valence-electron chi connectivity index (χ3n) is 7.36. The van der Waals surface area contributed by atoms with Crippen LogP contribution in [0.15, 0.2) is 48.5 Å². The monoisotopic (exact) mass is 502 g/mol. The van der Waals surface area contributed by atoms with Crippen LogP contribution >= 0.6 is 11.6 Å². The molecular formula is C28H27ClN4O3. The molecule has 0 aromatic heterocycles. The van der Waals surface area contributed by atoms with Crippen molar-refractivity contribution in [1.29, 1.82) is 21.2 Å². The molecule has 2 saturated heterocycles. The largest absolute Gasteiger partial charge is 0.494 e. The Hall–Kier alpha value is -3.57. The Morgan fingerprint density at radius 1 is 0.972 bits per heavy atom. The molecule has 4 atom stereocenters. The number of nitriles is 3. The number of nitrogens with one attached hydrogen (secondary N) is 1. The second kappa shape index (κ2) is 9.82. The highest BCUT2D eigenvalue weighted by Gasteiger charge is 2.79. The van der Waals surface area contributed by atoms with E-state index in [-0.39, 0.29) is 0 Å². The summed E-state index contributed by atoms with van der Waals surface area (Å²) in [6, 6.07) is 20.0. The molecule has 2 aliphatic heterocycles. The lowest BCUT2D eigenvalue weighted by atomic mass is 9.53. The van der Waals surface area contributed by atoms with E-state index < -0.39 is 34.5 Å². The quantitative estimate of drug-likeness (QED) is 0.416. The van der Waals surface area contributed by atoms with E-state index in [2.05, 4.69) is 25.1 Å². The van der Waals surface area contributed by atoms with Gasteiger partial charge >= 0.3 is 0 Å². The van der Waals surface area contributed by atoms with Crippen molar-refractivity contribution < 1.29 is 14.2 Å². The first-order chi connectivity index (χ1) is 17.3. The second-order valence-corrected chi connectivity index (χ2v) is 9.69. The summed E-state index contributed by atoms with van der Waals surface area (Å²) in [5, 5.41) is 40.3. The van der Waals surface area contributed by atoms with Crippen LogP contribution in [0.2, 0.25) is 5.02 Å². The van der Waals surface area contributed by atoms with E-state index in [1.165, 1.54) is 0 Å². The van der Waals surface area contributed by atoms with Gasteiger partial charge in [-0.3, -0.25) is 5.41 Å². The van der Waals surface area contributed by atoms with Gasteiger partial charge in [-0.25, -0.2) is 0 Å². The van der Waals surface area contributed by atoms with E-state index in [1.54, 1.807) is 55.5 Å². The van der Waals surface area contributed by atoms with Crippen LogP contribution in [0.4, 0.5) is 0 Å². The van der Waals surface area contributed by atoms with E-state index in [1.807, 2.05) is 0 Å². The first-order valence-corrected chi connectivity index (χ1v) is 12.4. The minimum absolute atomic E-state index is 0.454. The molecule has 2 aromatic rings. The maximum atomic E-state index is 10.4. The fraction of sp³-hybridized carbons (Fsp3) is 0.429. The van der Waals surface area contributed by atoms with Crippen molar-refractivity contribution in [2.75, 3.05) is 6.61 Å². The molecule has 0 radical (unpaired) electrons. The van der Waals surface area contributed by atoms with Crippen LogP contribution in [0.3, 0.4) is 0 Å². The van der Waals surface area contributed by atoms with Crippen LogP contribution in [0, 0.1) is 56.2 Å². The van der Waals surface area contributed by atoms with Gasteiger partial charge in [-0.1, -0.05) is 69.0 Å². The number of rotatable bonds is 8. The van der Waals surface area contributed by atoms with Gasteiger partial charge in [0, 0.05) is 10.6 Å². The summed E-state index contributed by atoms with van der Waals surface area (Å²) < 4.78 is 18.3. The molecule has 36 heavy (non-hydrogen) atoms. The first-order valence-electron chi connectivity index (χ1n) is 12.0. The molecule has 2 fully saturated rings. The minimum Gasteiger partial charge on any atom is -0.494 e. The molecule has 0 amide bonds. The number of unbranched alkanes of at least 4 members (excludes halogenated alkanes) is 3. The van der Waals surface area contributed by atoms with Crippen LogP contribution in [-0.4, -0.2) is 12.5 Å². The lowest BCUT2D eigenvalue weighted by molar-refractivity contribution is -0.288. The van der Waals surface area contributed by atoms with Crippen LogP contribution in [0.1, 0.15) is 56.8 Å². The lowest BCUT2D eigenvalue weighted by Gasteiger charge is -2.48. The number of fused-ring (bicyclic) bond motifs is 2. The number of ether oxygens (including phenoxy) is 3. The Kier molecular flexibility index (Phi) is 6.96. The van der Waals surface area contributed by atoms with Crippen molar-refractivity contribution in [2.24, 2.45) is 16.7 Å². The van der Waals surface area contributed by atoms with E-state index in [4.69, 9.17) is 31.2 Å². The van der Waals surface area contributed by atoms with E-state index >= 15 is 0 Å². The van der Waals surface area contributed by atoms with Crippen LogP contribution in [-0.2, 0) is 15.3 Å². The predicted molar refractivity (Wildman–Crippen MR) is 133 cm³/mol. The average molecular weight is 503 g/mol. The van der Waals surface area contributed by atoms with E-state index in [0.29, 0.717) is 28.5 Å². The summed E-state index contributed by atoms with van der Waals surface area (Å²) in [7, 11) is 0. The van der Waals surface area contributed by atoms with Gasteiger partial charge in [-0.15, -0.1) is 0 Å². The maximum Gasteiger partial charge on any atom is 0.244 e. The van der Waals surface area contributed by atoms with Gasteiger partial charge in [-0.2, -0.15) is 15.8 Å². The smallest absolute Gasteiger partial charge is 0.244 e. The fourth-order valence-corrected chi connectivity index (χ4v) is 5.43. The Morgan fingerprint density at radius 3 is 2.22 bits per heavy atom. The standard InChI is InChI=1S/C28H27ClN4O3/c1-3-4-5-6-15-34-23-13-7-20(8-14-23)24-26(16-30,17-31)27(18-32)19(2)28(35-24,36-25(27)33)21-9-11-22(29)12-10-21/h7-14,19,24,33H,3-6,15H2,1-2H3. The third-order valence-corrected chi connectivity index (χ3v) is 7.62. The Bertz CT molecular complexity index is 1240. The Morgan fingerprint density at radius 2 is 1.64 bits per heavy atom. The molecule has 1 N–H and O–H groups in total. The van der Waals surface area contributed by atoms with Gasteiger partial charge in [0.15, 0.2) is 5.41 Å². The summed E-state index contributed by atoms with van der Waals surface area (Å²) in [6.45, 7) is 4.43. The van der Waals surface area contributed by atoms with Crippen LogP contribution in [0.25, 0.3) is 0 Å². The first kappa shape index (κ1) is 25.5. The number of nitrogens with zero attached hydrogens (tertiary/aromatic N) is 3. The van der Waals surface area contributed by atoms with E-state index in [9.17, 15) is 15.8 Å². The number of hydrogen-bond donors (Lipinski definition) is 1. The SMILES string of the molecule is CCCCCCOc1ccc(C2OC3(c4ccc(Cl)cc4)OC(=N)C(C#N)(C3C)C2(C#N)C#N)cc1. The van der Waals surface area contributed by atoms with Gasteiger partial charge in [0.2, 0.25) is 17.1 Å². The highest BCUT2D eigenvalue weighted by molar-refractivity contribution is 6.30. The van der Waals surface area contributed by atoms with E-state index in [0.717, 1.165) is 25.7 Å². The number of hydrogen-bond acceptors (Lipinski definition) is 7. The second-order valence-electron chi connectivity index (χ2n) is 9.25. The zero-order chi connectivity index (χ0) is 26.0. The van der Waals surface area contributed by atoms with Gasteiger partial charge in [0.25, 0.3) is 0 Å². The molecule has 4 unspecified atom stereocenters. The molecule has 7 nitrogen and oxygen atoms in total. The zero-order valence-corrected chi connectivity index (χ0v) is 21.0. The Balaban J connectivity index is 1.76. The van der Waals surface area contributed by atoms with Crippen molar-refractivity contribution in [2.45, 2.75) is 51.4 Å². The van der Waals surface area contributed by atoms with Crippen LogP contribution < -0.4 is 4.74 Å². The maximum absolute atomic E-state index is 10.4. The van der Waals surface area contributed by atoms with Crippen LogP contribution in [0.5, 0.6) is 5.75 Å². The molecule has 8 heteroatoms. The Labute approximate surface area is 216 Å². The molecule has 0 aliphatic carbocycles. The lowest BCUT2D eigenvalue weighted by Crippen LogP contribution is -2.57. The zero-order valence-electron chi connectivity index (χ0n) is 20.3. The van der Waals surface area contributed by atoms with Gasteiger partial charge in [-0.05, 0) is 36.2 Å². The highest BCUT2D eigenvalue weighted by Crippen LogP contribution is 2.69. The molecule has 4 rings (SSSR count). The summed E-state index contributed by atoms with van der Waals surface area (Å²) in [6.07, 6.45) is 3.21. The van der Waals surface area contributed by atoms with Gasteiger partial charge in [0.1, 0.15) is 11.9 Å². The molecule has 2 heterocycles.